The first kappa shape index (κ1) is 19.6. The number of aryl methyl sites for hydroxylation is 1. The van der Waals surface area contributed by atoms with Gasteiger partial charge in [0.2, 0.25) is 5.82 Å². The Hall–Kier alpha value is -2.69. The summed E-state index contributed by atoms with van der Waals surface area (Å²) < 4.78 is 2.28. The standard InChI is InChI=1S/C20H21IN8/c1-3-10-29-18(23-19(26-29)13(2)21)11-15-9-8-14(12-22-15)16-6-4-5-7-17(16)20-24-27-28-25-20/h4-9,12-13H,3,10-11H2,1-2H3,(H,24,25,27,28). The molecular weight excluding hydrogens is 479 g/mol. The molecule has 0 aliphatic rings. The fraction of sp³-hybridized carbons (Fsp3) is 0.300. The average molecular weight is 500 g/mol. The Bertz CT molecular complexity index is 1070. The maximum Gasteiger partial charge on any atom is 0.205 e. The molecule has 0 amide bonds. The zero-order chi connectivity index (χ0) is 20.2. The van der Waals surface area contributed by atoms with Crippen molar-refractivity contribution in [3.05, 3.63) is 59.9 Å². The van der Waals surface area contributed by atoms with Crippen molar-refractivity contribution in [1.82, 2.24) is 40.4 Å². The van der Waals surface area contributed by atoms with Gasteiger partial charge in [-0.15, -0.1) is 10.2 Å². The highest BCUT2D eigenvalue weighted by atomic mass is 127. The van der Waals surface area contributed by atoms with Gasteiger partial charge in [0.05, 0.1) is 3.92 Å². The molecule has 0 fully saturated rings. The van der Waals surface area contributed by atoms with Crippen LogP contribution in [0.15, 0.2) is 42.6 Å². The number of H-pyrrole nitrogens is 1. The number of nitrogens with zero attached hydrogens (tertiary/aromatic N) is 7. The normalized spacial score (nSPS) is 12.2. The van der Waals surface area contributed by atoms with E-state index in [4.69, 9.17) is 4.98 Å². The Kier molecular flexibility index (Phi) is 5.93. The molecular formula is C20H21IN8. The van der Waals surface area contributed by atoms with Crippen LogP contribution in [0.2, 0.25) is 0 Å². The highest BCUT2D eigenvalue weighted by Crippen LogP contribution is 2.29. The van der Waals surface area contributed by atoms with Crippen molar-refractivity contribution in [1.29, 1.82) is 0 Å². The van der Waals surface area contributed by atoms with Crippen molar-refractivity contribution in [2.45, 2.75) is 37.2 Å². The van der Waals surface area contributed by atoms with E-state index in [1.807, 2.05) is 41.2 Å². The van der Waals surface area contributed by atoms with Crippen LogP contribution in [0.1, 0.15) is 41.5 Å². The Morgan fingerprint density at radius 1 is 1.14 bits per heavy atom. The van der Waals surface area contributed by atoms with Crippen LogP contribution in [-0.4, -0.2) is 40.4 Å². The summed E-state index contributed by atoms with van der Waals surface area (Å²) in [4.78, 5) is 9.41. The first-order chi connectivity index (χ1) is 14.2. The van der Waals surface area contributed by atoms with Crippen molar-refractivity contribution in [2.75, 3.05) is 0 Å². The zero-order valence-corrected chi connectivity index (χ0v) is 18.4. The van der Waals surface area contributed by atoms with E-state index in [9.17, 15) is 0 Å². The lowest BCUT2D eigenvalue weighted by Gasteiger charge is -2.08. The predicted molar refractivity (Wildman–Crippen MR) is 118 cm³/mol. The number of rotatable bonds is 7. The lowest BCUT2D eigenvalue weighted by molar-refractivity contribution is 0.570. The van der Waals surface area contributed by atoms with Gasteiger partial charge in [0.15, 0.2) is 5.82 Å². The molecule has 4 rings (SSSR count). The maximum absolute atomic E-state index is 4.73. The number of aromatic nitrogens is 8. The van der Waals surface area contributed by atoms with Crippen LogP contribution >= 0.6 is 22.6 Å². The molecule has 0 radical (unpaired) electrons. The Labute approximate surface area is 182 Å². The van der Waals surface area contributed by atoms with E-state index in [-0.39, 0.29) is 3.92 Å². The number of aromatic amines is 1. The summed E-state index contributed by atoms with van der Waals surface area (Å²) in [7, 11) is 0. The van der Waals surface area contributed by atoms with Crippen molar-refractivity contribution >= 4 is 22.6 Å². The molecule has 1 unspecified atom stereocenters. The molecule has 29 heavy (non-hydrogen) atoms. The summed E-state index contributed by atoms with van der Waals surface area (Å²) in [6, 6.07) is 12.1. The fourth-order valence-electron chi connectivity index (χ4n) is 3.14. The van der Waals surface area contributed by atoms with Crippen LogP contribution in [0.25, 0.3) is 22.5 Å². The molecule has 3 aromatic heterocycles. The second kappa shape index (κ2) is 8.76. The van der Waals surface area contributed by atoms with Gasteiger partial charge in [-0.05, 0) is 30.2 Å². The molecule has 1 atom stereocenters. The minimum absolute atomic E-state index is 0.279. The number of benzene rings is 1. The topological polar surface area (TPSA) is 98.1 Å². The van der Waals surface area contributed by atoms with Gasteiger partial charge in [0, 0.05) is 36.0 Å². The highest BCUT2D eigenvalue weighted by Gasteiger charge is 2.15. The van der Waals surface area contributed by atoms with E-state index in [1.54, 1.807) is 0 Å². The summed E-state index contributed by atoms with van der Waals surface area (Å²) in [5, 5.41) is 19.0. The summed E-state index contributed by atoms with van der Waals surface area (Å²) in [6.45, 7) is 5.11. The molecule has 0 aliphatic heterocycles. The van der Waals surface area contributed by atoms with Crippen LogP contribution in [-0.2, 0) is 13.0 Å². The SMILES string of the molecule is CCCn1nc(C(C)I)nc1Cc1ccc(-c2ccccc2-c2nn[nH]n2)cn1. The maximum atomic E-state index is 4.73. The molecule has 1 aromatic carbocycles. The molecule has 0 saturated heterocycles. The fourth-order valence-corrected chi connectivity index (χ4v) is 3.40. The van der Waals surface area contributed by atoms with Crippen LogP contribution < -0.4 is 0 Å². The van der Waals surface area contributed by atoms with Crippen molar-refractivity contribution < 1.29 is 0 Å². The van der Waals surface area contributed by atoms with Gasteiger partial charge in [-0.2, -0.15) is 10.3 Å². The summed E-state index contributed by atoms with van der Waals surface area (Å²) in [6.07, 6.45) is 3.56. The monoisotopic (exact) mass is 500 g/mol. The van der Waals surface area contributed by atoms with Crippen LogP contribution in [0.4, 0.5) is 0 Å². The van der Waals surface area contributed by atoms with Gasteiger partial charge >= 0.3 is 0 Å². The van der Waals surface area contributed by atoms with Crippen molar-refractivity contribution in [3.8, 4) is 22.5 Å². The number of hydrogen-bond acceptors (Lipinski definition) is 6. The largest absolute Gasteiger partial charge is 0.260 e. The molecule has 0 spiro atoms. The first-order valence-electron chi connectivity index (χ1n) is 9.51. The zero-order valence-electron chi connectivity index (χ0n) is 16.2. The lowest BCUT2D eigenvalue weighted by Crippen LogP contribution is -2.06. The van der Waals surface area contributed by atoms with Gasteiger partial charge in [0.1, 0.15) is 5.82 Å². The molecule has 1 N–H and O–H groups in total. The van der Waals surface area contributed by atoms with Crippen LogP contribution in [0, 0.1) is 0 Å². The molecule has 9 heteroatoms. The molecule has 0 aliphatic carbocycles. The average Bonchev–Trinajstić information content (AvgIpc) is 3.40. The predicted octanol–water partition coefficient (Wildman–Crippen LogP) is 4.02. The number of alkyl halides is 1. The number of tetrazole rings is 1. The minimum Gasteiger partial charge on any atom is -0.260 e. The van der Waals surface area contributed by atoms with Gasteiger partial charge < -0.3 is 0 Å². The number of pyridine rings is 1. The molecule has 0 saturated carbocycles. The third kappa shape index (κ3) is 4.34. The third-order valence-corrected chi connectivity index (χ3v) is 5.10. The molecule has 148 valence electrons. The smallest absolute Gasteiger partial charge is 0.205 e. The quantitative estimate of drug-likeness (QED) is 0.304. The van der Waals surface area contributed by atoms with Gasteiger partial charge in [-0.1, -0.05) is 59.8 Å². The van der Waals surface area contributed by atoms with E-state index in [2.05, 4.69) is 73.2 Å². The number of halogens is 1. The lowest BCUT2D eigenvalue weighted by atomic mass is 10.0. The molecule has 0 bridgehead atoms. The minimum atomic E-state index is 0.279. The molecule has 8 nitrogen and oxygen atoms in total. The highest BCUT2D eigenvalue weighted by molar-refractivity contribution is 14.1. The van der Waals surface area contributed by atoms with E-state index < -0.39 is 0 Å². The summed E-state index contributed by atoms with van der Waals surface area (Å²) in [5.74, 6) is 2.40. The second-order valence-corrected chi connectivity index (χ2v) is 8.59. The molecule has 4 aromatic rings. The first-order valence-corrected chi connectivity index (χ1v) is 10.8. The number of nitrogens with one attached hydrogen (secondary N) is 1. The summed E-state index contributed by atoms with van der Waals surface area (Å²) in [5.41, 5.74) is 3.90. The van der Waals surface area contributed by atoms with Crippen molar-refractivity contribution in [2.24, 2.45) is 0 Å². The van der Waals surface area contributed by atoms with E-state index >= 15 is 0 Å². The number of hydrogen-bond donors (Lipinski definition) is 1. The van der Waals surface area contributed by atoms with E-state index in [1.165, 1.54) is 0 Å². The van der Waals surface area contributed by atoms with Gasteiger partial charge in [-0.25, -0.2) is 9.67 Å². The van der Waals surface area contributed by atoms with E-state index in [0.29, 0.717) is 12.2 Å². The third-order valence-electron chi connectivity index (χ3n) is 4.54. The molecule has 3 heterocycles. The Morgan fingerprint density at radius 3 is 2.62 bits per heavy atom. The Balaban J connectivity index is 1.60. The van der Waals surface area contributed by atoms with Gasteiger partial charge in [-0.3, -0.25) is 4.98 Å². The van der Waals surface area contributed by atoms with Crippen LogP contribution in [0.3, 0.4) is 0 Å². The van der Waals surface area contributed by atoms with E-state index in [0.717, 1.165) is 47.0 Å². The van der Waals surface area contributed by atoms with Crippen LogP contribution in [0.5, 0.6) is 0 Å². The van der Waals surface area contributed by atoms with Crippen molar-refractivity contribution in [3.63, 3.8) is 0 Å². The summed E-state index contributed by atoms with van der Waals surface area (Å²) >= 11 is 2.35. The second-order valence-electron chi connectivity index (χ2n) is 6.72. The Morgan fingerprint density at radius 2 is 1.97 bits per heavy atom. The van der Waals surface area contributed by atoms with Gasteiger partial charge in [0.25, 0.3) is 0 Å².